The third-order valence-electron chi connectivity index (χ3n) is 5.12. The predicted molar refractivity (Wildman–Crippen MR) is 119 cm³/mol. The summed E-state index contributed by atoms with van der Waals surface area (Å²) in [6.45, 7) is 12.5. The molecule has 0 spiro atoms. The first-order chi connectivity index (χ1) is 13.8. The zero-order valence-corrected chi connectivity index (χ0v) is 19.6. The minimum Gasteiger partial charge on any atom is -0.423 e. The van der Waals surface area contributed by atoms with Gasteiger partial charge < -0.3 is 25.2 Å². The smallest absolute Gasteiger partial charge is 0.344 e. The molecule has 0 unspecified atom stereocenters. The number of rotatable bonds is 6. The Kier molecular flexibility index (Phi) is 6.47. The summed E-state index contributed by atoms with van der Waals surface area (Å²) in [5.41, 5.74) is -3.78. The molecule has 31 heavy (non-hydrogen) atoms. The molecule has 0 aromatic heterocycles. The summed E-state index contributed by atoms with van der Waals surface area (Å²) in [5.74, 6) is -0.538. The number of esters is 1. The topological polar surface area (TPSA) is 107 Å². The first-order valence-corrected chi connectivity index (χ1v) is 10.2. The van der Waals surface area contributed by atoms with Gasteiger partial charge in [0, 0.05) is 0 Å². The maximum atomic E-state index is 13.3. The SMILES string of the molecule is CC(C)(O)c1cccc(OC(=O)c2c(C(C)(C)O)cc(C(C)(C)O)cc2C(C)(C)O)c1. The molecule has 0 aliphatic rings. The quantitative estimate of drug-likeness (QED) is 0.410. The van der Waals surface area contributed by atoms with E-state index in [0.717, 1.165) is 0 Å². The third kappa shape index (κ3) is 5.92. The van der Waals surface area contributed by atoms with Crippen LogP contribution in [-0.2, 0) is 22.4 Å². The molecule has 6 nitrogen and oxygen atoms in total. The van der Waals surface area contributed by atoms with Crippen LogP contribution in [0.2, 0.25) is 0 Å². The highest BCUT2D eigenvalue weighted by molar-refractivity contribution is 5.95. The van der Waals surface area contributed by atoms with E-state index in [1.54, 1.807) is 64.1 Å². The average Bonchev–Trinajstić information content (AvgIpc) is 2.57. The van der Waals surface area contributed by atoms with Gasteiger partial charge in [-0.05, 0) is 102 Å². The van der Waals surface area contributed by atoms with Gasteiger partial charge in [0.2, 0.25) is 0 Å². The van der Waals surface area contributed by atoms with Crippen LogP contribution in [0, 0.1) is 0 Å². The lowest BCUT2D eigenvalue weighted by atomic mass is 9.80. The molecule has 0 saturated carbocycles. The molecule has 0 amide bonds. The Morgan fingerprint density at radius 1 is 0.677 bits per heavy atom. The van der Waals surface area contributed by atoms with E-state index >= 15 is 0 Å². The van der Waals surface area contributed by atoms with E-state index in [1.807, 2.05) is 0 Å². The van der Waals surface area contributed by atoms with Gasteiger partial charge >= 0.3 is 5.97 Å². The minimum atomic E-state index is -1.45. The van der Waals surface area contributed by atoms with Gasteiger partial charge in [0.25, 0.3) is 0 Å². The maximum Gasteiger partial charge on any atom is 0.344 e. The number of carbonyl (C=O) groups excluding carboxylic acids is 1. The van der Waals surface area contributed by atoms with Gasteiger partial charge in [-0.2, -0.15) is 0 Å². The van der Waals surface area contributed by atoms with Gasteiger partial charge in [0.05, 0.1) is 28.0 Å². The Morgan fingerprint density at radius 2 is 1.13 bits per heavy atom. The highest BCUT2D eigenvalue weighted by atomic mass is 16.5. The normalized spacial score (nSPS) is 13.3. The molecule has 0 heterocycles. The van der Waals surface area contributed by atoms with E-state index < -0.39 is 28.4 Å². The summed E-state index contributed by atoms with van der Waals surface area (Å²) < 4.78 is 5.60. The van der Waals surface area contributed by atoms with Gasteiger partial charge in [-0.3, -0.25) is 0 Å². The molecule has 0 aliphatic heterocycles. The number of hydrogen-bond acceptors (Lipinski definition) is 6. The lowest BCUT2D eigenvalue weighted by Gasteiger charge is -2.31. The monoisotopic (exact) mass is 430 g/mol. The molecule has 2 aromatic rings. The zero-order valence-electron chi connectivity index (χ0n) is 19.6. The van der Waals surface area contributed by atoms with Crippen LogP contribution in [0.1, 0.15) is 88.0 Å². The van der Waals surface area contributed by atoms with Crippen LogP contribution in [0.4, 0.5) is 0 Å². The summed E-state index contributed by atoms with van der Waals surface area (Å²) in [6, 6.07) is 9.65. The van der Waals surface area contributed by atoms with Gasteiger partial charge in [0.1, 0.15) is 5.75 Å². The molecular weight excluding hydrogens is 396 g/mol. The van der Waals surface area contributed by atoms with Crippen LogP contribution in [0.25, 0.3) is 0 Å². The third-order valence-corrected chi connectivity index (χ3v) is 5.12. The van der Waals surface area contributed by atoms with Crippen molar-refractivity contribution in [2.24, 2.45) is 0 Å². The number of aliphatic hydroxyl groups is 4. The lowest BCUT2D eigenvalue weighted by Crippen LogP contribution is -2.30. The molecule has 0 atom stereocenters. The van der Waals surface area contributed by atoms with E-state index in [9.17, 15) is 25.2 Å². The highest BCUT2D eigenvalue weighted by Gasteiger charge is 2.35. The molecule has 2 rings (SSSR count). The zero-order chi connectivity index (χ0) is 24.0. The number of ether oxygens (including phenoxy) is 1. The van der Waals surface area contributed by atoms with Crippen LogP contribution in [0.5, 0.6) is 5.75 Å². The van der Waals surface area contributed by atoms with Crippen molar-refractivity contribution in [1.29, 1.82) is 0 Å². The van der Waals surface area contributed by atoms with Gasteiger partial charge in [0.15, 0.2) is 0 Å². The molecule has 2 aromatic carbocycles. The Bertz CT molecular complexity index is 928. The Hall–Kier alpha value is -2.25. The summed E-state index contributed by atoms with van der Waals surface area (Å²) in [5, 5.41) is 42.4. The fraction of sp³-hybridized carbons (Fsp3) is 0.480. The van der Waals surface area contributed by atoms with Crippen molar-refractivity contribution in [2.45, 2.75) is 77.8 Å². The van der Waals surface area contributed by atoms with Crippen molar-refractivity contribution in [1.82, 2.24) is 0 Å². The molecule has 4 N–H and O–H groups in total. The van der Waals surface area contributed by atoms with Crippen molar-refractivity contribution in [3.05, 3.63) is 64.2 Å². The molecule has 0 bridgehead atoms. The Labute approximate surface area is 184 Å². The first kappa shape index (κ1) is 25.0. The van der Waals surface area contributed by atoms with Crippen molar-refractivity contribution in [3.8, 4) is 5.75 Å². The molecule has 170 valence electrons. The second kappa shape index (κ2) is 8.02. The van der Waals surface area contributed by atoms with Gasteiger partial charge in [-0.15, -0.1) is 0 Å². The number of benzene rings is 2. The number of hydrogen-bond donors (Lipinski definition) is 4. The molecule has 0 saturated heterocycles. The fourth-order valence-electron chi connectivity index (χ4n) is 3.28. The highest BCUT2D eigenvalue weighted by Crippen LogP contribution is 2.37. The summed E-state index contributed by atoms with van der Waals surface area (Å²) >= 11 is 0. The van der Waals surface area contributed by atoms with Crippen LogP contribution >= 0.6 is 0 Å². The fourth-order valence-corrected chi connectivity index (χ4v) is 3.28. The largest absolute Gasteiger partial charge is 0.423 e. The van der Waals surface area contributed by atoms with Gasteiger partial charge in [-0.1, -0.05) is 12.1 Å². The number of carbonyl (C=O) groups is 1. The van der Waals surface area contributed by atoms with Crippen molar-refractivity contribution in [2.75, 3.05) is 0 Å². The van der Waals surface area contributed by atoms with E-state index in [4.69, 9.17) is 4.74 Å². The van der Waals surface area contributed by atoms with Crippen molar-refractivity contribution in [3.63, 3.8) is 0 Å². The van der Waals surface area contributed by atoms with Crippen LogP contribution in [-0.4, -0.2) is 26.4 Å². The van der Waals surface area contributed by atoms with E-state index in [-0.39, 0.29) is 22.4 Å². The Balaban J connectivity index is 2.70. The molecule has 0 radical (unpaired) electrons. The van der Waals surface area contributed by atoms with Crippen LogP contribution < -0.4 is 4.74 Å². The minimum absolute atomic E-state index is 0.0293. The summed E-state index contributed by atoms with van der Waals surface area (Å²) in [6.07, 6.45) is 0. The van der Waals surface area contributed by atoms with Crippen molar-refractivity contribution >= 4 is 5.97 Å². The molecule has 6 heteroatoms. The van der Waals surface area contributed by atoms with E-state index in [1.165, 1.54) is 27.7 Å². The van der Waals surface area contributed by atoms with Crippen molar-refractivity contribution < 1.29 is 30.0 Å². The Morgan fingerprint density at radius 3 is 1.52 bits per heavy atom. The molecular formula is C25H34O6. The second-order valence-electron chi connectivity index (χ2n) is 10.1. The van der Waals surface area contributed by atoms with E-state index in [0.29, 0.717) is 11.1 Å². The van der Waals surface area contributed by atoms with Gasteiger partial charge in [-0.25, -0.2) is 4.79 Å². The standard InChI is InChI=1S/C25H34O6/c1-22(2,27)15-10-9-11-17(12-15)31-21(26)20-18(24(5,6)29)13-16(23(3,4)28)14-19(20)25(7,8)30/h9-14,27-30H,1-8H3. The summed E-state index contributed by atoms with van der Waals surface area (Å²) in [4.78, 5) is 13.3. The lowest BCUT2D eigenvalue weighted by molar-refractivity contribution is 0.0553. The summed E-state index contributed by atoms with van der Waals surface area (Å²) in [7, 11) is 0. The van der Waals surface area contributed by atoms with Crippen LogP contribution in [0.3, 0.4) is 0 Å². The average molecular weight is 431 g/mol. The maximum absolute atomic E-state index is 13.3. The van der Waals surface area contributed by atoms with E-state index in [2.05, 4.69) is 0 Å². The molecule has 0 aliphatic carbocycles. The first-order valence-electron chi connectivity index (χ1n) is 10.2. The molecule has 0 fully saturated rings. The van der Waals surface area contributed by atoms with Crippen LogP contribution in [0.15, 0.2) is 36.4 Å². The predicted octanol–water partition coefficient (Wildman–Crippen LogP) is 3.82. The second-order valence-corrected chi connectivity index (χ2v) is 10.1.